The van der Waals surface area contributed by atoms with Crippen LogP contribution in [0.1, 0.15) is 10.4 Å². The highest BCUT2D eigenvalue weighted by atomic mass is 79.9. The monoisotopic (exact) mass is 326 g/mol. The van der Waals surface area contributed by atoms with Crippen LogP contribution in [0.5, 0.6) is 5.75 Å². The van der Waals surface area contributed by atoms with Crippen molar-refractivity contribution in [2.75, 3.05) is 5.32 Å². The van der Waals surface area contributed by atoms with Crippen molar-refractivity contribution in [3.63, 3.8) is 0 Å². The first-order valence-corrected chi connectivity index (χ1v) is 6.15. The Morgan fingerprint density at radius 2 is 2.00 bits per heavy atom. The van der Waals surface area contributed by atoms with E-state index in [2.05, 4.69) is 26.2 Å². The van der Waals surface area contributed by atoms with Gasteiger partial charge in [0.1, 0.15) is 10.9 Å². The van der Waals surface area contributed by atoms with Crippen molar-refractivity contribution in [2.24, 2.45) is 0 Å². The third-order valence-corrected chi connectivity index (χ3v) is 2.91. The van der Waals surface area contributed by atoms with Gasteiger partial charge in [-0.3, -0.25) is 4.79 Å². The summed E-state index contributed by atoms with van der Waals surface area (Å²) in [7, 11) is 0. The summed E-state index contributed by atoms with van der Waals surface area (Å²) in [5.41, 5.74) is 0.841. The van der Waals surface area contributed by atoms with E-state index < -0.39 is 0 Å². The van der Waals surface area contributed by atoms with Crippen LogP contribution in [0.3, 0.4) is 0 Å². The lowest BCUT2D eigenvalue weighted by Crippen LogP contribution is -2.12. The van der Waals surface area contributed by atoms with E-state index in [4.69, 9.17) is 16.7 Å². The van der Waals surface area contributed by atoms with Crippen molar-refractivity contribution in [1.29, 1.82) is 0 Å². The van der Waals surface area contributed by atoms with Gasteiger partial charge in [-0.05, 0) is 46.3 Å². The highest BCUT2D eigenvalue weighted by Crippen LogP contribution is 2.20. The maximum absolute atomic E-state index is 12.0. The van der Waals surface area contributed by atoms with Gasteiger partial charge in [0.15, 0.2) is 0 Å². The Labute approximate surface area is 117 Å². The molecule has 0 unspecified atom stereocenters. The topological polar surface area (TPSA) is 62.2 Å². The van der Waals surface area contributed by atoms with Gasteiger partial charge in [-0.15, -0.1) is 0 Å². The van der Waals surface area contributed by atoms with E-state index in [0.29, 0.717) is 10.2 Å². The van der Waals surface area contributed by atoms with Crippen LogP contribution in [0.2, 0.25) is 5.15 Å². The first-order chi connectivity index (χ1) is 8.56. The number of aromatic hydroxyl groups is 1. The molecule has 4 nitrogen and oxygen atoms in total. The zero-order valence-corrected chi connectivity index (χ0v) is 11.4. The number of anilines is 1. The Balaban J connectivity index is 2.21. The van der Waals surface area contributed by atoms with Crippen LogP contribution in [0, 0.1) is 0 Å². The Hall–Kier alpha value is -1.59. The Morgan fingerprint density at radius 1 is 1.33 bits per heavy atom. The predicted molar refractivity (Wildman–Crippen MR) is 73.0 cm³/mol. The summed E-state index contributed by atoms with van der Waals surface area (Å²) in [6.07, 6.45) is 1.51. The molecule has 2 rings (SSSR count). The summed E-state index contributed by atoms with van der Waals surface area (Å²) in [5.74, 6) is -0.227. The summed E-state index contributed by atoms with van der Waals surface area (Å²) in [5, 5.41) is 11.9. The number of phenols is 1. The van der Waals surface area contributed by atoms with Gasteiger partial charge in [-0.25, -0.2) is 4.98 Å². The number of carbonyl (C=O) groups excluding carboxylic acids is 1. The number of halogens is 2. The Morgan fingerprint density at radius 3 is 2.67 bits per heavy atom. The number of carbonyl (C=O) groups is 1. The number of nitrogens with zero attached hydrogens (tertiary/aromatic N) is 1. The van der Waals surface area contributed by atoms with E-state index in [1.165, 1.54) is 18.3 Å². The maximum atomic E-state index is 12.0. The second-order valence-electron chi connectivity index (χ2n) is 3.49. The Kier molecular flexibility index (Phi) is 3.84. The fourth-order valence-corrected chi connectivity index (χ4v) is 1.85. The average Bonchev–Trinajstić information content (AvgIpc) is 2.35. The van der Waals surface area contributed by atoms with Gasteiger partial charge in [0.05, 0.1) is 5.56 Å². The van der Waals surface area contributed by atoms with E-state index in [1.54, 1.807) is 18.2 Å². The van der Waals surface area contributed by atoms with E-state index in [-0.39, 0.29) is 22.4 Å². The van der Waals surface area contributed by atoms with Crippen LogP contribution in [0.4, 0.5) is 5.69 Å². The van der Waals surface area contributed by atoms with Crippen LogP contribution in [0.15, 0.2) is 41.0 Å². The van der Waals surface area contributed by atoms with Gasteiger partial charge >= 0.3 is 0 Å². The third kappa shape index (κ3) is 3.00. The molecule has 2 aromatic rings. The van der Waals surface area contributed by atoms with Crippen LogP contribution in [0.25, 0.3) is 0 Å². The molecule has 0 radical (unpaired) electrons. The highest BCUT2D eigenvalue weighted by Gasteiger charge is 2.12. The smallest absolute Gasteiger partial charge is 0.258 e. The lowest BCUT2D eigenvalue weighted by molar-refractivity contribution is 0.102. The van der Waals surface area contributed by atoms with Crippen LogP contribution >= 0.6 is 27.5 Å². The molecule has 1 aromatic carbocycles. The largest absolute Gasteiger partial charge is 0.508 e. The zero-order chi connectivity index (χ0) is 13.1. The molecule has 0 aliphatic heterocycles. The fourth-order valence-electron chi connectivity index (χ4n) is 1.33. The van der Waals surface area contributed by atoms with Crippen molar-refractivity contribution in [2.45, 2.75) is 0 Å². The first-order valence-electron chi connectivity index (χ1n) is 4.97. The molecular formula is C12H8BrClN2O2. The van der Waals surface area contributed by atoms with Gasteiger partial charge < -0.3 is 10.4 Å². The third-order valence-electron chi connectivity index (χ3n) is 2.18. The van der Waals surface area contributed by atoms with Gasteiger partial charge in [-0.2, -0.15) is 0 Å². The average molecular weight is 328 g/mol. The van der Waals surface area contributed by atoms with Gasteiger partial charge in [0.2, 0.25) is 0 Å². The molecule has 0 atom stereocenters. The summed E-state index contributed by atoms with van der Waals surface area (Å²) >= 11 is 9.08. The molecule has 0 fully saturated rings. The molecule has 0 saturated carbocycles. The predicted octanol–water partition coefficient (Wildman–Crippen LogP) is 3.46. The Bertz CT molecular complexity index is 587. The number of rotatable bonds is 2. The molecule has 1 amide bonds. The summed E-state index contributed by atoms with van der Waals surface area (Å²) in [6.45, 7) is 0. The lowest BCUT2D eigenvalue weighted by Gasteiger charge is -2.06. The SMILES string of the molecule is O=C(Nc1ccc(O)cc1)c1cc(Br)cnc1Cl. The van der Waals surface area contributed by atoms with Crippen molar-refractivity contribution in [3.05, 3.63) is 51.7 Å². The molecule has 0 aliphatic rings. The number of benzene rings is 1. The van der Waals surface area contributed by atoms with Gasteiger partial charge in [-0.1, -0.05) is 11.6 Å². The summed E-state index contributed by atoms with van der Waals surface area (Å²) < 4.78 is 0.669. The number of amides is 1. The number of phenolic OH excluding ortho intramolecular Hbond substituents is 1. The number of nitrogens with one attached hydrogen (secondary N) is 1. The zero-order valence-electron chi connectivity index (χ0n) is 9.02. The van der Waals surface area contributed by atoms with Crippen molar-refractivity contribution >= 4 is 39.1 Å². The van der Waals surface area contributed by atoms with E-state index in [1.807, 2.05) is 0 Å². The highest BCUT2D eigenvalue weighted by molar-refractivity contribution is 9.10. The molecule has 18 heavy (non-hydrogen) atoms. The molecule has 0 saturated heterocycles. The molecule has 0 spiro atoms. The van der Waals surface area contributed by atoms with Gasteiger partial charge in [0.25, 0.3) is 5.91 Å². The van der Waals surface area contributed by atoms with E-state index in [0.717, 1.165) is 0 Å². The quantitative estimate of drug-likeness (QED) is 0.656. The second kappa shape index (κ2) is 5.37. The minimum atomic E-state index is -0.362. The molecule has 0 aliphatic carbocycles. The number of hydrogen-bond acceptors (Lipinski definition) is 3. The van der Waals surface area contributed by atoms with Crippen molar-refractivity contribution in [3.8, 4) is 5.75 Å². The first kappa shape index (κ1) is 12.9. The minimum absolute atomic E-state index is 0.134. The maximum Gasteiger partial charge on any atom is 0.258 e. The molecule has 1 heterocycles. The summed E-state index contributed by atoms with van der Waals surface area (Å²) in [4.78, 5) is 15.8. The molecule has 92 valence electrons. The molecule has 2 N–H and O–H groups in total. The fraction of sp³-hybridized carbons (Fsp3) is 0. The number of hydrogen-bond donors (Lipinski definition) is 2. The van der Waals surface area contributed by atoms with E-state index >= 15 is 0 Å². The molecule has 0 bridgehead atoms. The normalized spacial score (nSPS) is 10.1. The van der Waals surface area contributed by atoms with E-state index in [9.17, 15) is 4.79 Å². The van der Waals surface area contributed by atoms with Crippen LogP contribution < -0.4 is 5.32 Å². The second-order valence-corrected chi connectivity index (χ2v) is 4.77. The van der Waals surface area contributed by atoms with Crippen LogP contribution in [-0.2, 0) is 0 Å². The van der Waals surface area contributed by atoms with Crippen molar-refractivity contribution in [1.82, 2.24) is 4.98 Å². The van der Waals surface area contributed by atoms with Crippen LogP contribution in [-0.4, -0.2) is 16.0 Å². The molecular weight excluding hydrogens is 320 g/mol. The molecule has 1 aromatic heterocycles. The van der Waals surface area contributed by atoms with Crippen molar-refractivity contribution < 1.29 is 9.90 Å². The molecule has 6 heteroatoms. The summed E-state index contributed by atoms with van der Waals surface area (Å²) in [6, 6.07) is 7.73. The van der Waals surface area contributed by atoms with Gasteiger partial charge in [0, 0.05) is 16.4 Å². The number of pyridine rings is 1. The minimum Gasteiger partial charge on any atom is -0.508 e. The standard InChI is InChI=1S/C12H8BrClN2O2/c13-7-5-10(11(14)15-6-7)12(18)16-8-1-3-9(17)4-2-8/h1-6,17H,(H,16,18). The number of aromatic nitrogens is 1. The lowest BCUT2D eigenvalue weighted by atomic mass is 10.2.